The van der Waals surface area contributed by atoms with E-state index in [1.54, 1.807) is 24.8 Å². The number of nitrogens with zero attached hydrogens (tertiary/aromatic N) is 5. The van der Waals surface area contributed by atoms with Gasteiger partial charge in [0.1, 0.15) is 0 Å². The summed E-state index contributed by atoms with van der Waals surface area (Å²) in [6.45, 7) is 0. The lowest BCUT2D eigenvalue weighted by molar-refractivity contribution is 1.07. The summed E-state index contributed by atoms with van der Waals surface area (Å²) >= 11 is 0. The van der Waals surface area contributed by atoms with E-state index in [0.29, 0.717) is 17.5 Å². The van der Waals surface area contributed by atoms with Crippen LogP contribution in [0.3, 0.4) is 0 Å². The van der Waals surface area contributed by atoms with Crippen molar-refractivity contribution in [3.8, 4) is 67.5 Å². The van der Waals surface area contributed by atoms with E-state index in [2.05, 4.69) is 70.6 Å². The molecule has 7 aromatic rings. The summed E-state index contributed by atoms with van der Waals surface area (Å²) in [5.41, 5.74) is 9.33. The molecule has 0 unspecified atom stereocenters. The maximum Gasteiger partial charge on any atom is 0.164 e. The summed E-state index contributed by atoms with van der Waals surface area (Å²) in [5, 5.41) is 0. The molecule has 3 heterocycles. The first-order valence-electron chi connectivity index (χ1n) is 13.7. The Morgan fingerprint density at radius 1 is 0.262 bits per heavy atom. The fourth-order valence-electron chi connectivity index (χ4n) is 5.00. The van der Waals surface area contributed by atoms with Crippen molar-refractivity contribution < 1.29 is 0 Å². The Kier molecular flexibility index (Phi) is 6.81. The maximum absolute atomic E-state index is 5.01. The minimum atomic E-state index is 0.616. The second-order valence-corrected chi connectivity index (χ2v) is 9.89. The Labute approximate surface area is 244 Å². The molecule has 0 aliphatic heterocycles. The number of pyridine rings is 2. The van der Waals surface area contributed by atoms with Crippen LogP contribution in [0, 0.1) is 0 Å². The minimum Gasteiger partial charge on any atom is -0.265 e. The molecular weight excluding hydrogens is 514 g/mol. The standard InChI is InChI=1S/C37H25N5/c1-2-7-26(8-3-1)29-9-4-12-32(23-29)35-40-36(33-13-5-10-30(24-33)27-15-19-38-20-16-27)42-37(41-35)34-14-6-11-31(25-34)28-17-21-39-22-18-28/h1-25H. The fraction of sp³-hybridized carbons (Fsp3) is 0. The number of hydrogen-bond donors (Lipinski definition) is 0. The van der Waals surface area contributed by atoms with Gasteiger partial charge in [0.15, 0.2) is 17.5 Å². The third-order valence-electron chi connectivity index (χ3n) is 7.13. The molecule has 0 saturated carbocycles. The first kappa shape index (κ1) is 25.2. The summed E-state index contributed by atoms with van der Waals surface area (Å²) in [7, 11) is 0. The highest BCUT2D eigenvalue weighted by Gasteiger charge is 2.14. The summed E-state index contributed by atoms with van der Waals surface area (Å²) < 4.78 is 0. The van der Waals surface area contributed by atoms with Crippen LogP contribution in [0.5, 0.6) is 0 Å². The highest BCUT2D eigenvalue weighted by molar-refractivity contribution is 5.76. The summed E-state index contributed by atoms with van der Waals surface area (Å²) in [5.74, 6) is 1.85. The van der Waals surface area contributed by atoms with Crippen LogP contribution in [0.15, 0.2) is 152 Å². The molecule has 42 heavy (non-hydrogen) atoms. The van der Waals surface area contributed by atoms with Crippen molar-refractivity contribution in [3.05, 3.63) is 152 Å². The smallest absolute Gasteiger partial charge is 0.164 e. The largest absolute Gasteiger partial charge is 0.265 e. The highest BCUT2D eigenvalue weighted by Crippen LogP contribution is 2.31. The zero-order valence-electron chi connectivity index (χ0n) is 22.7. The molecular formula is C37H25N5. The molecule has 4 aromatic carbocycles. The van der Waals surface area contributed by atoms with Crippen molar-refractivity contribution in [3.63, 3.8) is 0 Å². The lowest BCUT2D eigenvalue weighted by Gasteiger charge is -2.11. The second kappa shape index (κ2) is 11.4. The van der Waals surface area contributed by atoms with Crippen LogP contribution in [0.1, 0.15) is 0 Å². The van der Waals surface area contributed by atoms with Crippen LogP contribution in [-0.2, 0) is 0 Å². The average molecular weight is 540 g/mol. The predicted octanol–water partition coefficient (Wildman–Crippen LogP) is 8.66. The highest BCUT2D eigenvalue weighted by atomic mass is 15.0. The van der Waals surface area contributed by atoms with Crippen LogP contribution in [0.4, 0.5) is 0 Å². The Hall–Kier alpha value is -5.81. The van der Waals surface area contributed by atoms with E-state index in [9.17, 15) is 0 Å². The molecule has 3 aromatic heterocycles. The van der Waals surface area contributed by atoms with E-state index >= 15 is 0 Å². The van der Waals surface area contributed by atoms with Gasteiger partial charge in [-0.2, -0.15) is 0 Å². The molecule has 0 saturated heterocycles. The van der Waals surface area contributed by atoms with Crippen LogP contribution in [0.25, 0.3) is 67.5 Å². The van der Waals surface area contributed by atoms with Gasteiger partial charge in [-0.05, 0) is 75.8 Å². The molecule has 0 aliphatic rings. The number of hydrogen-bond acceptors (Lipinski definition) is 5. The molecule has 5 nitrogen and oxygen atoms in total. The van der Waals surface area contributed by atoms with Gasteiger partial charge < -0.3 is 0 Å². The average Bonchev–Trinajstić information content (AvgIpc) is 3.09. The van der Waals surface area contributed by atoms with Crippen LogP contribution in [0.2, 0.25) is 0 Å². The lowest BCUT2D eigenvalue weighted by atomic mass is 10.0. The van der Waals surface area contributed by atoms with E-state index in [0.717, 1.165) is 50.1 Å². The molecule has 0 aliphatic carbocycles. The summed E-state index contributed by atoms with van der Waals surface area (Å²) in [6.07, 6.45) is 7.21. The lowest BCUT2D eigenvalue weighted by Crippen LogP contribution is -2.00. The molecule has 0 atom stereocenters. The topological polar surface area (TPSA) is 64.5 Å². The molecule has 198 valence electrons. The molecule has 0 amide bonds. The Bertz CT molecular complexity index is 1730. The van der Waals surface area contributed by atoms with Gasteiger partial charge in [0.05, 0.1) is 0 Å². The van der Waals surface area contributed by atoms with E-state index in [-0.39, 0.29) is 0 Å². The minimum absolute atomic E-state index is 0.616. The predicted molar refractivity (Wildman–Crippen MR) is 168 cm³/mol. The molecule has 0 N–H and O–H groups in total. The summed E-state index contributed by atoms with van der Waals surface area (Å²) in [6, 6.07) is 43.3. The Balaban J connectivity index is 1.38. The van der Waals surface area contributed by atoms with Crippen molar-refractivity contribution in [2.75, 3.05) is 0 Å². The SMILES string of the molecule is c1ccc(-c2cccc(-c3nc(-c4cccc(-c5ccncc5)c4)nc(-c4cccc(-c5ccncc5)c4)n3)c2)cc1. The number of rotatable bonds is 6. The van der Waals surface area contributed by atoms with Crippen molar-refractivity contribution in [2.24, 2.45) is 0 Å². The van der Waals surface area contributed by atoms with Gasteiger partial charge >= 0.3 is 0 Å². The van der Waals surface area contributed by atoms with Gasteiger partial charge in [-0.3, -0.25) is 9.97 Å². The molecule has 5 heteroatoms. The summed E-state index contributed by atoms with van der Waals surface area (Å²) in [4.78, 5) is 23.3. The van der Waals surface area contributed by atoms with Crippen LogP contribution >= 0.6 is 0 Å². The van der Waals surface area contributed by atoms with Crippen LogP contribution in [-0.4, -0.2) is 24.9 Å². The van der Waals surface area contributed by atoms with Crippen LogP contribution < -0.4 is 0 Å². The molecule has 7 rings (SSSR count). The molecule has 0 bridgehead atoms. The maximum atomic E-state index is 5.01. The van der Waals surface area contributed by atoms with Gasteiger partial charge in [-0.1, -0.05) is 84.9 Å². The van der Waals surface area contributed by atoms with Crippen molar-refractivity contribution >= 4 is 0 Å². The van der Waals surface area contributed by atoms with Gasteiger partial charge in [0.2, 0.25) is 0 Å². The molecule has 0 spiro atoms. The van der Waals surface area contributed by atoms with E-state index < -0.39 is 0 Å². The second-order valence-electron chi connectivity index (χ2n) is 9.89. The Morgan fingerprint density at radius 3 is 0.952 bits per heavy atom. The van der Waals surface area contributed by atoms with Crippen molar-refractivity contribution in [1.82, 2.24) is 24.9 Å². The zero-order valence-corrected chi connectivity index (χ0v) is 22.7. The third kappa shape index (κ3) is 5.31. The van der Waals surface area contributed by atoms with Gasteiger partial charge in [-0.25, -0.2) is 15.0 Å². The van der Waals surface area contributed by atoms with Gasteiger partial charge in [0, 0.05) is 41.5 Å². The van der Waals surface area contributed by atoms with E-state index in [1.165, 1.54) is 0 Å². The fourth-order valence-corrected chi connectivity index (χ4v) is 5.00. The van der Waals surface area contributed by atoms with Crippen molar-refractivity contribution in [2.45, 2.75) is 0 Å². The quantitative estimate of drug-likeness (QED) is 0.212. The van der Waals surface area contributed by atoms with E-state index in [1.807, 2.05) is 66.7 Å². The van der Waals surface area contributed by atoms with Crippen molar-refractivity contribution in [1.29, 1.82) is 0 Å². The molecule has 0 radical (unpaired) electrons. The van der Waals surface area contributed by atoms with Gasteiger partial charge in [0.25, 0.3) is 0 Å². The van der Waals surface area contributed by atoms with Gasteiger partial charge in [-0.15, -0.1) is 0 Å². The Morgan fingerprint density at radius 2 is 0.571 bits per heavy atom. The monoisotopic (exact) mass is 539 g/mol. The number of benzene rings is 4. The molecule has 0 fully saturated rings. The van der Waals surface area contributed by atoms with E-state index in [4.69, 9.17) is 15.0 Å². The first-order valence-corrected chi connectivity index (χ1v) is 13.7. The normalized spacial score (nSPS) is 10.9. The first-order chi connectivity index (χ1) is 20.8. The zero-order chi connectivity index (χ0) is 28.1. The number of aromatic nitrogens is 5. The third-order valence-corrected chi connectivity index (χ3v) is 7.13.